The molecule has 5 rings (SSSR count). The van der Waals surface area contributed by atoms with Crippen LogP contribution in [0, 0.1) is 5.92 Å². The van der Waals surface area contributed by atoms with E-state index in [4.69, 9.17) is 4.74 Å². The molecule has 0 aliphatic carbocycles. The minimum absolute atomic E-state index is 0.00301. The Bertz CT molecular complexity index is 1260. The summed E-state index contributed by atoms with van der Waals surface area (Å²) >= 11 is 0. The molecule has 2 aromatic heterocycles. The Morgan fingerprint density at radius 2 is 1.69 bits per heavy atom. The number of amides is 3. The van der Waals surface area contributed by atoms with Crippen molar-refractivity contribution in [3.63, 3.8) is 0 Å². The molecular formula is C25H27N5O5. The first-order valence-electron chi connectivity index (χ1n) is 11.8. The van der Waals surface area contributed by atoms with E-state index in [0.717, 1.165) is 35.9 Å². The summed E-state index contributed by atoms with van der Waals surface area (Å²) < 4.78 is 7.05. The molecule has 4 heterocycles. The molecule has 2 aliphatic rings. The summed E-state index contributed by atoms with van der Waals surface area (Å²) in [5.41, 5.74) is 0.568. The number of aromatic nitrogens is 2. The van der Waals surface area contributed by atoms with E-state index in [-0.39, 0.29) is 17.9 Å². The predicted molar refractivity (Wildman–Crippen MR) is 129 cm³/mol. The summed E-state index contributed by atoms with van der Waals surface area (Å²) in [5, 5.41) is 12.8. The second-order valence-corrected chi connectivity index (χ2v) is 8.89. The molecule has 2 aliphatic heterocycles. The van der Waals surface area contributed by atoms with Crippen molar-refractivity contribution in [1.29, 1.82) is 0 Å². The van der Waals surface area contributed by atoms with Gasteiger partial charge in [0, 0.05) is 55.9 Å². The molecule has 3 amide bonds. The van der Waals surface area contributed by atoms with Crippen LogP contribution in [0.4, 0.5) is 15.4 Å². The quantitative estimate of drug-likeness (QED) is 0.581. The number of carbonyl (C=O) groups is 3. The summed E-state index contributed by atoms with van der Waals surface area (Å²) in [7, 11) is 0. The van der Waals surface area contributed by atoms with Gasteiger partial charge in [-0.25, -0.2) is 14.6 Å². The van der Waals surface area contributed by atoms with Crippen molar-refractivity contribution in [3.8, 4) is 11.5 Å². The lowest BCUT2D eigenvalue weighted by molar-refractivity contribution is -0.135. The van der Waals surface area contributed by atoms with Crippen LogP contribution < -0.4 is 10.1 Å². The second kappa shape index (κ2) is 9.65. The van der Waals surface area contributed by atoms with E-state index >= 15 is 0 Å². The van der Waals surface area contributed by atoms with E-state index in [9.17, 15) is 19.5 Å². The SMILES string of the molecule is O=C(Nc1cc(Oc2ccc3c(ccn3C(=O)O)c2)ccn1)N1CCC(C(=O)N2CCCC2)CC1. The van der Waals surface area contributed by atoms with Gasteiger partial charge in [0.2, 0.25) is 5.91 Å². The molecule has 0 atom stereocenters. The Kier molecular flexibility index (Phi) is 6.26. The van der Waals surface area contributed by atoms with E-state index in [1.54, 1.807) is 47.5 Å². The highest BCUT2D eigenvalue weighted by Crippen LogP contribution is 2.28. The minimum atomic E-state index is -1.05. The third-order valence-electron chi connectivity index (χ3n) is 6.62. The van der Waals surface area contributed by atoms with Gasteiger partial charge in [0.1, 0.15) is 17.3 Å². The largest absolute Gasteiger partial charge is 0.464 e. The summed E-state index contributed by atoms with van der Waals surface area (Å²) in [6.45, 7) is 2.77. The van der Waals surface area contributed by atoms with Gasteiger partial charge in [-0.2, -0.15) is 0 Å². The average Bonchev–Trinajstić information content (AvgIpc) is 3.54. The number of likely N-dealkylation sites (tertiary alicyclic amines) is 2. The number of hydrogen-bond donors (Lipinski definition) is 2. The highest BCUT2D eigenvalue weighted by atomic mass is 16.5. The minimum Gasteiger partial charge on any atom is -0.464 e. The van der Waals surface area contributed by atoms with E-state index in [2.05, 4.69) is 10.3 Å². The fourth-order valence-electron chi connectivity index (χ4n) is 4.74. The monoisotopic (exact) mass is 477 g/mol. The maximum atomic E-state index is 12.8. The maximum absolute atomic E-state index is 12.8. The molecule has 35 heavy (non-hydrogen) atoms. The number of urea groups is 1. The first kappa shape index (κ1) is 22.7. The van der Waals surface area contributed by atoms with Crippen molar-refractivity contribution in [3.05, 3.63) is 48.8 Å². The molecule has 0 bridgehead atoms. The summed E-state index contributed by atoms with van der Waals surface area (Å²) in [6.07, 6.45) is 5.49. The van der Waals surface area contributed by atoms with Gasteiger partial charge < -0.3 is 19.6 Å². The van der Waals surface area contributed by atoms with Crippen molar-refractivity contribution >= 4 is 34.8 Å². The Morgan fingerprint density at radius 3 is 2.43 bits per heavy atom. The fraction of sp³-hybridized carbons (Fsp3) is 0.360. The number of anilines is 1. The molecule has 2 N–H and O–H groups in total. The first-order chi connectivity index (χ1) is 17.0. The molecule has 10 nitrogen and oxygen atoms in total. The van der Waals surface area contributed by atoms with Crippen LogP contribution >= 0.6 is 0 Å². The number of fused-ring (bicyclic) bond motifs is 1. The number of carbonyl (C=O) groups excluding carboxylic acids is 2. The number of rotatable bonds is 4. The van der Waals surface area contributed by atoms with Crippen LogP contribution in [0.5, 0.6) is 11.5 Å². The third kappa shape index (κ3) is 4.91. The van der Waals surface area contributed by atoms with Crippen LogP contribution in [0.3, 0.4) is 0 Å². The Labute approximate surface area is 202 Å². The summed E-state index contributed by atoms with van der Waals surface area (Å²) in [6, 6.07) is 9.89. The Morgan fingerprint density at radius 1 is 0.943 bits per heavy atom. The number of benzene rings is 1. The molecule has 0 saturated carbocycles. The molecule has 0 spiro atoms. The van der Waals surface area contributed by atoms with Gasteiger partial charge in [0.05, 0.1) is 5.52 Å². The highest BCUT2D eigenvalue weighted by molar-refractivity contribution is 5.90. The van der Waals surface area contributed by atoms with Crippen molar-refractivity contribution in [2.75, 3.05) is 31.5 Å². The smallest absolute Gasteiger partial charge is 0.415 e. The second-order valence-electron chi connectivity index (χ2n) is 8.89. The Hall–Kier alpha value is -4.08. The zero-order valence-electron chi connectivity index (χ0n) is 19.2. The van der Waals surface area contributed by atoms with Crippen LogP contribution in [-0.4, -0.2) is 68.7 Å². The molecular weight excluding hydrogens is 450 g/mol. The maximum Gasteiger partial charge on any atom is 0.415 e. The molecule has 0 radical (unpaired) electrons. The first-order valence-corrected chi connectivity index (χ1v) is 11.8. The van der Waals surface area contributed by atoms with Gasteiger partial charge in [0.25, 0.3) is 0 Å². The van der Waals surface area contributed by atoms with E-state index in [1.165, 1.54) is 6.20 Å². The number of ether oxygens (including phenoxy) is 1. The normalized spacial score (nSPS) is 16.5. The summed E-state index contributed by atoms with van der Waals surface area (Å²) in [4.78, 5) is 44.5. The van der Waals surface area contributed by atoms with Crippen molar-refractivity contribution < 1.29 is 24.2 Å². The zero-order chi connectivity index (χ0) is 24.4. The standard InChI is InChI=1S/C25H27N5O5/c31-23(28-10-1-2-11-28)17-6-12-29(13-7-17)24(32)27-22-16-20(5-9-26-22)35-19-3-4-21-18(15-19)8-14-30(21)25(33)34/h3-5,8-9,14-17H,1-2,6-7,10-13H2,(H,33,34)(H,26,27,32). The number of nitrogens with zero attached hydrogens (tertiary/aromatic N) is 4. The average molecular weight is 478 g/mol. The van der Waals surface area contributed by atoms with Crippen LogP contribution in [-0.2, 0) is 4.79 Å². The van der Waals surface area contributed by atoms with Gasteiger partial charge in [-0.15, -0.1) is 0 Å². The lowest BCUT2D eigenvalue weighted by Gasteiger charge is -2.33. The molecule has 3 aromatic rings. The van der Waals surface area contributed by atoms with Crippen molar-refractivity contribution in [2.45, 2.75) is 25.7 Å². The summed E-state index contributed by atoms with van der Waals surface area (Å²) in [5.74, 6) is 1.61. The molecule has 1 aromatic carbocycles. The van der Waals surface area contributed by atoms with Crippen molar-refractivity contribution in [1.82, 2.24) is 19.4 Å². The van der Waals surface area contributed by atoms with E-state index in [1.807, 2.05) is 4.90 Å². The van der Waals surface area contributed by atoms with Gasteiger partial charge in [-0.05, 0) is 56.0 Å². The zero-order valence-corrected chi connectivity index (χ0v) is 19.2. The van der Waals surface area contributed by atoms with E-state index < -0.39 is 6.09 Å². The highest BCUT2D eigenvalue weighted by Gasteiger charge is 2.31. The lowest BCUT2D eigenvalue weighted by atomic mass is 9.95. The molecule has 182 valence electrons. The number of nitrogens with one attached hydrogen (secondary N) is 1. The number of hydrogen-bond acceptors (Lipinski definition) is 5. The molecule has 10 heteroatoms. The number of piperidine rings is 1. The topological polar surface area (TPSA) is 117 Å². The van der Waals surface area contributed by atoms with Crippen LogP contribution in [0.2, 0.25) is 0 Å². The lowest BCUT2D eigenvalue weighted by Crippen LogP contribution is -2.45. The molecule has 2 fully saturated rings. The van der Waals surface area contributed by atoms with Crippen LogP contribution in [0.1, 0.15) is 25.7 Å². The number of carboxylic acid groups (broad SMARTS) is 1. The van der Waals surface area contributed by atoms with Gasteiger partial charge in [0.15, 0.2) is 0 Å². The third-order valence-corrected chi connectivity index (χ3v) is 6.62. The molecule has 0 unspecified atom stereocenters. The van der Waals surface area contributed by atoms with Crippen molar-refractivity contribution in [2.24, 2.45) is 5.92 Å². The number of pyridine rings is 1. The van der Waals surface area contributed by atoms with Gasteiger partial charge >= 0.3 is 12.1 Å². The van der Waals surface area contributed by atoms with Crippen LogP contribution in [0.25, 0.3) is 10.9 Å². The van der Waals surface area contributed by atoms with E-state index in [0.29, 0.717) is 48.8 Å². The fourth-order valence-corrected chi connectivity index (χ4v) is 4.74. The van der Waals surface area contributed by atoms with Gasteiger partial charge in [-0.1, -0.05) is 0 Å². The molecule has 2 saturated heterocycles. The van der Waals surface area contributed by atoms with Crippen LogP contribution in [0.15, 0.2) is 48.8 Å². The Balaban J connectivity index is 1.18. The predicted octanol–water partition coefficient (Wildman–Crippen LogP) is 4.22. The van der Waals surface area contributed by atoms with Gasteiger partial charge in [-0.3, -0.25) is 14.7 Å².